The molecular weight excluding hydrogens is 269 g/mol. The second kappa shape index (κ2) is 7.78. The Bertz CT molecular complexity index is 540. The molecule has 4 nitrogen and oxygen atoms in total. The van der Waals surface area contributed by atoms with Crippen molar-refractivity contribution in [1.29, 1.82) is 0 Å². The molecule has 0 fully saturated rings. The van der Waals surface area contributed by atoms with E-state index in [2.05, 4.69) is 24.3 Å². The van der Waals surface area contributed by atoms with Gasteiger partial charge in [0.25, 0.3) is 0 Å². The van der Waals surface area contributed by atoms with Crippen molar-refractivity contribution in [1.82, 2.24) is 15.1 Å². The molecule has 0 saturated heterocycles. The maximum atomic E-state index is 13.9. The molecule has 1 aromatic carbocycles. The molecule has 114 valence electrons. The fourth-order valence-corrected chi connectivity index (χ4v) is 2.02. The Morgan fingerprint density at radius 3 is 2.90 bits per heavy atom. The second-order valence-electron chi connectivity index (χ2n) is 5.37. The number of nitrogens with one attached hydrogen (secondary N) is 1. The molecule has 0 aliphatic carbocycles. The fraction of sp³-hybridized carbons (Fsp3) is 0.438. The van der Waals surface area contributed by atoms with Crippen LogP contribution in [0.5, 0.6) is 5.75 Å². The van der Waals surface area contributed by atoms with Gasteiger partial charge < -0.3 is 10.1 Å². The van der Waals surface area contributed by atoms with Crippen LogP contribution < -0.4 is 10.1 Å². The van der Waals surface area contributed by atoms with E-state index in [1.807, 2.05) is 18.3 Å². The summed E-state index contributed by atoms with van der Waals surface area (Å²) < 4.78 is 21.3. The number of halogens is 1. The van der Waals surface area contributed by atoms with E-state index < -0.39 is 0 Å². The average Bonchev–Trinajstić information content (AvgIpc) is 2.94. The summed E-state index contributed by atoms with van der Waals surface area (Å²) in [5, 5.41) is 7.40. The van der Waals surface area contributed by atoms with E-state index in [0.29, 0.717) is 31.4 Å². The first-order chi connectivity index (χ1) is 10.2. The van der Waals surface area contributed by atoms with Crippen molar-refractivity contribution < 1.29 is 9.13 Å². The lowest BCUT2D eigenvalue weighted by atomic mass is 10.1. The van der Waals surface area contributed by atoms with Crippen molar-refractivity contribution in [3.8, 4) is 5.75 Å². The molecule has 2 rings (SSSR count). The van der Waals surface area contributed by atoms with Gasteiger partial charge in [0.1, 0.15) is 6.61 Å². The Labute approximate surface area is 124 Å². The maximum Gasteiger partial charge on any atom is 0.165 e. The third kappa shape index (κ3) is 4.86. The Morgan fingerprint density at radius 2 is 2.19 bits per heavy atom. The summed E-state index contributed by atoms with van der Waals surface area (Å²) in [6.07, 6.45) is 3.57. The summed E-state index contributed by atoms with van der Waals surface area (Å²) >= 11 is 0. The van der Waals surface area contributed by atoms with Gasteiger partial charge in [-0.2, -0.15) is 5.10 Å². The Kier molecular flexibility index (Phi) is 5.75. The number of ether oxygens (including phenoxy) is 1. The number of hydrogen-bond acceptors (Lipinski definition) is 3. The van der Waals surface area contributed by atoms with Crippen molar-refractivity contribution in [2.45, 2.75) is 26.9 Å². The summed E-state index contributed by atoms with van der Waals surface area (Å²) in [7, 11) is 0. The first kappa shape index (κ1) is 15.5. The molecular formula is C16H22FN3O. The van der Waals surface area contributed by atoms with Crippen LogP contribution in [0.25, 0.3) is 0 Å². The van der Waals surface area contributed by atoms with Gasteiger partial charge in [-0.25, -0.2) is 4.39 Å². The van der Waals surface area contributed by atoms with Crippen molar-refractivity contribution in [2.75, 3.05) is 13.2 Å². The molecule has 0 spiro atoms. The number of nitrogens with zero attached hydrogens (tertiary/aromatic N) is 2. The zero-order valence-corrected chi connectivity index (χ0v) is 12.6. The smallest absolute Gasteiger partial charge is 0.165 e. The number of benzene rings is 1. The highest BCUT2D eigenvalue weighted by molar-refractivity contribution is 5.34. The minimum absolute atomic E-state index is 0.320. The SMILES string of the molecule is CC(C)CNCc1cccc(F)c1OCCn1cccn1. The van der Waals surface area contributed by atoms with Gasteiger partial charge in [-0.3, -0.25) is 4.68 Å². The summed E-state index contributed by atoms with van der Waals surface area (Å²) in [5.74, 6) is 0.572. The van der Waals surface area contributed by atoms with Crippen LogP contribution in [0, 0.1) is 11.7 Å². The monoisotopic (exact) mass is 291 g/mol. The van der Waals surface area contributed by atoms with Gasteiger partial charge in [0.15, 0.2) is 11.6 Å². The first-order valence-electron chi connectivity index (χ1n) is 7.25. The molecule has 0 amide bonds. The van der Waals surface area contributed by atoms with Crippen LogP contribution in [0.1, 0.15) is 19.4 Å². The normalized spacial score (nSPS) is 11.0. The Morgan fingerprint density at radius 1 is 1.33 bits per heavy atom. The topological polar surface area (TPSA) is 39.1 Å². The summed E-state index contributed by atoms with van der Waals surface area (Å²) in [4.78, 5) is 0. The highest BCUT2D eigenvalue weighted by atomic mass is 19.1. The van der Waals surface area contributed by atoms with E-state index in [9.17, 15) is 4.39 Å². The van der Waals surface area contributed by atoms with Crippen molar-refractivity contribution in [2.24, 2.45) is 5.92 Å². The fourth-order valence-electron chi connectivity index (χ4n) is 2.02. The van der Waals surface area contributed by atoms with Gasteiger partial charge in [-0.15, -0.1) is 0 Å². The zero-order valence-electron chi connectivity index (χ0n) is 12.6. The van der Waals surface area contributed by atoms with E-state index in [1.54, 1.807) is 16.9 Å². The van der Waals surface area contributed by atoms with Gasteiger partial charge in [0, 0.05) is 24.5 Å². The molecule has 1 heterocycles. The van der Waals surface area contributed by atoms with E-state index in [4.69, 9.17) is 4.74 Å². The second-order valence-corrected chi connectivity index (χ2v) is 5.37. The standard InChI is InChI=1S/C16H22FN3O/c1-13(2)11-18-12-14-5-3-6-15(17)16(14)21-10-9-20-8-4-7-19-20/h3-8,13,18H,9-12H2,1-2H3. The van der Waals surface area contributed by atoms with Gasteiger partial charge in [-0.1, -0.05) is 26.0 Å². The molecule has 0 aliphatic heterocycles. The molecule has 0 unspecified atom stereocenters. The number of hydrogen-bond donors (Lipinski definition) is 1. The lowest BCUT2D eigenvalue weighted by Gasteiger charge is -2.14. The summed E-state index contributed by atoms with van der Waals surface area (Å²) in [5.41, 5.74) is 0.844. The third-order valence-electron chi connectivity index (χ3n) is 3.04. The number of para-hydroxylation sites is 1. The molecule has 0 bridgehead atoms. The number of aromatic nitrogens is 2. The number of rotatable bonds is 8. The minimum Gasteiger partial charge on any atom is -0.488 e. The maximum absolute atomic E-state index is 13.9. The molecule has 5 heteroatoms. The van der Waals surface area contributed by atoms with Crippen molar-refractivity contribution in [3.05, 3.63) is 48.0 Å². The van der Waals surface area contributed by atoms with Gasteiger partial charge in [0.05, 0.1) is 6.54 Å². The van der Waals surface area contributed by atoms with Gasteiger partial charge >= 0.3 is 0 Å². The van der Waals surface area contributed by atoms with Crippen LogP contribution in [0.3, 0.4) is 0 Å². The van der Waals surface area contributed by atoms with Crippen LogP contribution in [0.4, 0.5) is 4.39 Å². The molecule has 2 aromatic rings. The van der Waals surface area contributed by atoms with Crippen LogP contribution in [0.2, 0.25) is 0 Å². The molecule has 0 atom stereocenters. The highest BCUT2D eigenvalue weighted by Gasteiger charge is 2.10. The molecule has 0 radical (unpaired) electrons. The minimum atomic E-state index is -0.320. The average molecular weight is 291 g/mol. The molecule has 0 saturated carbocycles. The Balaban J connectivity index is 1.93. The van der Waals surface area contributed by atoms with Gasteiger partial charge in [0.2, 0.25) is 0 Å². The molecule has 1 aromatic heterocycles. The predicted molar refractivity (Wildman–Crippen MR) is 80.7 cm³/mol. The van der Waals surface area contributed by atoms with E-state index >= 15 is 0 Å². The van der Waals surface area contributed by atoms with Crippen LogP contribution >= 0.6 is 0 Å². The van der Waals surface area contributed by atoms with E-state index in [1.165, 1.54) is 6.07 Å². The molecule has 0 aliphatic rings. The van der Waals surface area contributed by atoms with Crippen LogP contribution in [-0.4, -0.2) is 22.9 Å². The third-order valence-corrected chi connectivity index (χ3v) is 3.04. The van der Waals surface area contributed by atoms with Gasteiger partial charge in [-0.05, 0) is 24.6 Å². The summed E-state index contributed by atoms with van der Waals surface area (Å²) in [6.45, 7) is 6.76. The zero-order chi connectivity index (χ0) is 15.1. The van der Waals surface area contributed by atoms with E-state index in [0.717, 1.165) is 12.1 Å². The molecule has 21 heavy (non-hydrogen) atoms. The highest BCUT2D eigenvalue weighted by Crippen LogP contribution is 2.22. The predicted octanol–water partition coefficient (Wildman–Crippen LogP) is 2.85. The molecule has 1 N–H and O–H groups in total. The van der Waals surface area contributed by atoms with Crippen molar-refractivity contribution in [3.63, 3.8) is 0 Å². The Hall–Kier alpha value is -1.88. The van der Waals surface area contributed by atoms with E-state index in [-0.39, 0.29) is 5.82 Å². The largest absolute Gasteiger partial charge is 0.488 e. The summed E-state index contributed by atoms with van der Waals surface area (Å²) in [6, 6.07) is 6.88. The quantitative estimate of drug-likeness (QED) is 0.813. The van der Waals surface area contributed by atoms with Crippen molar-refractivity contribution >= 4 is 0 Å². The first-order valence-corrected chi connectivity index (χ1v) is 7.25. The lowest BCUT2D eigenvalue weighted by molar-refractivity contribution is 0.274. The van der Waals surface area contributed by atoms with Crippen LogP contribution in [-0.2, 0) is 13.1 Å². The lowest BCUT2D eigenvalue weighted by Crippen LogP contribution is -2.20. The van der Waals surface area contributed by atoms with Crippen LogP contribution in [0.15, 0.2) is 36.7 Å².